The van der Waals surface area contributed by atoms with Crippen LogP contribution < -0.4 is 15.2 Å². The maximum Gasteiger partial charge on any atom is 0.255 e. The van der Waals surface area contributed by atoms with Gasteiger partial charge in [-0.3, -0.25) is 0 Å². The van der Waals surface area contributed by atoms with Crippen LogP contribution in [0.4, 0.5) is 0 Å². The Balaban J connectivity index is 2.31. The van der Waals surface area contributed by atoms with E-state index in [-0.39, 0.29) is 5.89 Å². The molecule has 2 rings (SSSR count). The largest absolute Gasteiger partial charge is 0.497 e. The van der Waals surface area contributed by atoms with Crippen LogP contribution in [0.3, 0.4) is 0 Å². The van der Waals surface area contributed by atoms with Gasteiger partial charge < -0.3 is 24.8 Å². The molecule has 0 saturated carbocycles. The van der Waals surface area contributed by atoms with Gasteiger partial charge in [0.2, 0.25) is 5.82 Å². The van der Waals surface area contributed by atoms with Crippen LogP contribution in [0.2, 0.25) is 0 Å². The average molecular weight is 279 g/mol. The summed E-state index contributed by atoms with van der Waals surface area (Å²) < 4.78 is 15.4. The Bertz CT molecular complexity index is 548. The Hall–Kier alpha value is -2.12. The van der Waals surface area contributed by atoms with E-state index in [2.05, 4.69) is 10.1 Å². The van der Waals surface area contributed by atoms with Gasteiger partial charge in [0, 0.05) is 11.6 Å². The van der Waals surface area contributed by atoms with Crippen LogP contribution in [0.1, 0.15) is 18.4 Å². The fourth-order valence-corrected chi connectivity index (χ4v) is 1.71. The van der Waals surface area contributed by atoms with Crippen molar-refractivity contribution in [2.45, 2.75) is 12.5 Å². The monoisotopic (exact) mass is 279 g/mol. The first kappa shape index (κ1) is 14.3. The summed E-state index contributed by atoms with van der Waals surface area (Å²) in [7, 11) is 3.12. The van der Waals surface area contributed by atoms with Crippen molar-refractivity contribution in [3.63, 3.8) is 0 Å². The van der Waals surface area contributed by atoms with E-state index in [0.717, 1.165) is 0 Å². The maximum atomic E-state index is 9.76. The molecular formula is C13H17N3O4. The molecule has 1 atom stereocenters. The van der Waals surface area contributed by atoms with Crippen molar-refractivity contribution < 1.29 is 19.1 Å². The highest BCUT2D eigenvalue weighted by atomic mass is 16.5. The zero-order valence-electron chi connectivity index (χ0n) is 11.4. The van der Waals surface area contributed by atoms with Crippen LogP contribution in [0.5, 0.6) is 11.5 Å². The molecule has 7 nitrogen and oxygen atoms in total. The van der Waals surface area contributed by atoms with Crippen LogP contribution in [0.25, 0.3) is 11.4 Å². The van der Waals surface area contributed by atoms with Crippen molar-refractivity contribution in [1.29, 1.82) is 0 Å². The van der Waals surface area contributed by atoms with Gasteiger partial charge in [0.25, 0.3) is 5.89 Å². The summed E-state index contributed by atoms with van der Waals surface area (Å²) in [6, 6.07) is 5.26. The molecule has 2 aromatic rings. The molecule has 0 aliphatic carbocycles. The highest BCUT2D eigenvalue weighted by Gasteiger charge is 2.17. The quantitative estimate of drug-likeness (QED) is 0.817. The van der Waals surface area contributed by atoms with Crippen LogP contribution in [-0.2, 0) is 0 Å². The third-order valence-electron chi connectivity index (χ3n) is 2.78. The number of ether oxygens (including phenoxy) is 2. The summed E-state index contributed by atoms with van der Waals surface area (Å²) in [5.41, 5.74) is 6.05. The first-order valence-electron chi connectivity index (χ1n) is 6.13. The summed E-state index contributed by atoms with van der Waals surface area (Å²) >= 11 is 0. The zero-order valence-corrected chi connectivity index (χ0v) is 11.4. The van der Waals surface area contributed by atoms with E-state index in [9.17, 15) is 5.11 Å². The van der Waals surface area contributed by atoms with Crippen molar-refractivity contribution >= 4 is 0 Å². The van der Waals surface area contributed by atoms with Crippen molar-refractivity contribution in [1.82, 2.24) is 10.1 Å². The average Bonchev–Trinajstić information content (AvgIpc) is 2.97. The second-order valence-electron chi connectivity index (χ2n) is 4.15. The molecule has 7 heteroatoms. The minimum Gasteiger partial charge on any atom is -0.497 e. The second kappa shape index (κ2) is 6.36. The molecule has 0 saturated heterocycles. The number of rotatable bonds is 6. The highest BCUT2D eigenvalue weighted by molar-refractivity contribution is 5.60. The molecule has 0 bridgehead atoms. The summed E-state index contributed by atoms with van der Waals surface area (Å²) in [5.74, 6) is 1.74. The van der Waals surface area contributed by atoms with Gasteiger partial charge in [-0.2, -0.15) is 4.98 Å². The van der Waals surface area contributed by atoms with Gasteiger partial charge in [0.05, 0.1) is 14.2 Å². The van der Waals surface area contributed by atoms with E-state index in [1.807, 2.05) is 0 Å². The zero-order chi connectivity index (χ0) is 14.5. The lowest BCUT2D eigenvalue weighted by atomic mass is 10.2. The Morgan fingerprint density at radius 1 is 1.25 bits per heavy atom. The third kappa shape index (κ3) is 3.06. The molecule has 0 aliphatic rings. The smallest absolute Gasteiger partial charge is 0.255 e. The number of hydrogen-bond donors (Lipinski definition) is 2. The standard InChI is InChI=1S/C13H17N3O4/c1-18-9-5-8(6-10(7-9)19-2)12-15-13(20-16-12)11(17)3-4-14/h5-7,11,17H,3-4,14H2,1-2H3. The first-order chi connectivity index (χ1) is 9.67. The maximum absolute atomic E-state index is 9.76. The van der Waals surface area contributed by atoms with Crippen LogP contribution in [0.15, 0.2) is 22.7 Å². The van der Waals surface area contributed by atoms with Crippen molar-refractivity contribution in [3.8, 4) is 22.9 Å². The summed E-state index contributed by atoms with van der Waals surface area (Å²) in [5, 5.41) is 13.6. The molecule has 0 fully saturated rings. The molecule has 20 heavy (non-hydrogen) atoms. The highest BCUT2D eigenvalue weighted by Crippen LogP contribution is 2.28. The number of benzene rings is 1. The lowest BCUT2D eigenvalue weighted by Gasteiger charge is -2.05. The van der Waals surface area contributed by atoms with E-state index in [0.29, 0.717) is 35.9 Å². The lowest BCUT2D eigenvalue weighted by Crippen LogP contribution is -2.06. The number of methoxy groups -OCH3 is 2. The molecule has 108 valence electrons. The lowest BCUT2D eigenvalue weighted by molar-refractivity contribution is 0.127. The second-order valence-corrected chi connectivity index (χ2v) is 4.15. The predicted octanol–water partition coefficient (Wildman–Crippen LogP) is 1.14. The van der Waals surface area contributed by atoms with Crippen LogP contribution in [-0.4, -0.2) is 36.0 Å². The molecule has 3 N–H and O–H groups in total. The molecular weight excluding hydrogens is 262 g/mol. The molecule has 0 amide bonds. The van der Waals surface area contributed by atoms with Crippen molar-refractivity contribution in [2.75, 3.05) is 20.8 Å². The van der Waals surface area contributed by atoms with Crippen LogP contribution in [0, 0.1) is 0 Å². The molecule has 0 spiro atoms. The van der Waals surface area contributed by atoms with Gasteiger partial charge in [-0.15, -0.1) is 0 Å². The minimum atomic E-state index is -0.853. The van der Waals surface area contributed by atoms with Gasteiger partial charge in [-0.1, -0.05) is 5.16 Å². The minimum absolute atomic E-state index is 0.146. The summed E-state index contributed by atoms with van der Waals surface area (Å²) in [6.07, 6.45) is -0.489. The fourth-order valence-electron chi connectivity index (χ4n) is 1.71. The normalized spacial score (nSPS) is 12.2. The molecule has 1 heterocycles. The van der Waals surface area contributed by atoms with Gasteiger partial charge in [0.1, 0.15) is 17.6 Å². The van der Waals surface area contributed by atoms with E-state index >= 15 is 0 Å². The molecule has 1 unspecified atom stereocenters. The van der Waals surface area contributed by atoms with Crippen molar-refractivity contribution in [2.24, 2.45) is 5.73 Å². The topological polar surface area (TPSA) is 104 Å². The number of aromatic nitrogens is 2. The van der Waals surface area contributed by atoms with Crippen molar-refractivity contribution in [3.05, 3.63) is 24.1 Å². The summed E-state index contributed by atoms with van der Waals surface area (Å²) in [4.78, 5) is 4.16. The molecule has 1 aromatic heterocycles. The van der Waals surface area contributed by atoms with Gasteiger partial charge in [0.15, 0.2) is 0 Å². The van der Waals surface area contributed by atoms with Gasteiger partial charge >= 0.3 is 0 Å². The SMILES string of the molecule is COc1cc(OC)cc(-c2noc(C(O)CCN)n2)c1. The van der Waals surface area contributed by atoms with E-state index < -0.39 is 6.10 Å². The Labute approximate surface area is 116 Å². The van der Waals surface area contributed by atoms with Gasteiger partial charge in [-0.05, 0) is 25.1 Å². The number of nitrogens with zero attached hydrogens (tertiary/aromatic N) is 2. The van der Waals surface area contributed by atoms with Crippen LogP contribution >= 0.6 is 0 Å². The number of aliphatic hydroxyl groups excluding tert-OH is 1. The Morgan fingerprint density at radius 2 is 1.90 bits per heavy atom. The molecule has 1 aromatic carbocycles. The van der Waals surface area contributed by atoms with E-state index in [1.165, 1.54) is 0 Å². The van der Waals surface area contributed by atoms with E-state index in [1.54, 1.807) is 32.4 Å². The summed E-state index contributed by atoms with van der Waals surface area (Å²) in [6.45, 7) is 0.339. The fraction of sp³-hybridized carbons (Fsp3) is 0.385. The first-order valence-corrected chi connectivity index (χ1v) is 6.13. The Morgan fingerprint density at radius 3 is 2.45 bits per heavy atom. The molecule has 0 aliphatic heterocycles. The van der Waals surface area contributed by atoms with Gasteiger partial charge in [-0.25, -0.2) is 0 Å². The third-order valence-corrected chi connectivity index (χ3v) is 2.78. The predicted molar refractivity (Wildman–Crippen MR) is 71.5 cm³/mol. The molecule has 0 radical (unpaired) electrons. The van der Waals surface area contributed by atoms with E-state index in [4.69, 9.17) is 19.7 Å². The Kier molecular flexibility index (Phi) is 4.54. The number of hydrogen-bond acceptors (Lipinski definition) is 7. The number of nitrogens with two attached hydrogens (primary N) is 1. The number of aliphatic hydroxyl groups is 1.